The molecule has 1 aliphatic heterocycles. The highest BCUT2D eigenvalue weighted by atomic mass is 32.3. The minimum atomic E-state index is -1.30. The van der Waals surface area contributed by atoms with Crippen LogP contribution in [0, 0.1) is 0 Å². The second-order valence-electron chi connectivity index (χ2n) is 14.9. The summed E-state index contributed by atoms with van der Waals surface area (Å²) in [7, 11) is -1.30. The smallest absolute Gasteiger partial charge is 0.166 e. The van der Waals surface area contributed by atoms with E-state index >= 15 is 0 Å². The molecule has 1 aliphatic rings. The molecule has 9 aromatic rings. The van der Waals surface area contributed by atoms with Crippen LogP contribution in [0.25, 0.3) is 67.5 Å². The van der Waals surface area contributed by atoms with Crippen molar-refractivity contribution in [1.82, 2.24) is 15.0 Å². The zero-order chi connectivity index (χ0) is 39.1. The standard InChI is InChI=1S/C53H40N4S/c1-58(2)49-29-17-15-27-47(49)57(48-28-16-18-30-50(48)58)46-34-32-42(41-31-33-43(37-19-7-3-8-20-37)44(35-41)38-21-9-4-10-22-38)36-45(46)53-55-51(39-23-11-5-12-24-39)54-52(56-53)40-25-13-6-14-26-40/h3-36H,1-2H3. The predicted octanol–water partition coefficient (Wildman–Crippen LogP) is 14.1. The number of nitrogens with zero attached hydrogens (tertiary/aromatic N) is 4. The summed E-state index contributed by atoms with van der Waals surface area (Å²) in [4.78, 5) is 20.8. The average Bonchev–Trinajstić information content (AvgIpc) is 3.30. The zero-order valence-electron chi connectivity index (χ0n) is 32.3. The summed E-state index contributed by atoms with van der Waals surface area (Å²) >= 11 is 0. The van der Waals surface area contributed by atoms with E-state index in [9.17, 15) is 0 Å². The van der Waals surface area contributed by atoms with Crippen molar-refractivity contribution in [3.8, 4) is 67.5 Å². The largest absolute Gasteiger partial charge is 0.308 e. The van der Waals surface area contributed by atoms with Crippen LogP contribution in [0.15, 0.2) is 216 Å². The first-order valence-electron chi connectivity index (χ1n) is 19.5. The third-order valence-corrected chi connectivity index (χ3v) is 13.9. The molecule has 8 aromatic carbocycles. The van der Waals surface area contributed by atoms with E-state index < -0.39 is 10.0 Å². The number of fused-ring (bicyclic) bond motifs is 2. The second kappa shape index (κ2) is 14.8. The Balaban J connectivity index is 1.24. The van der Waals surface area contributed by atoms with Gasteiger partial charge in [0.1, 0.15) is 0 Å². The van der Waals surface area contributed by atoms with Gasteiger partial charge in [-0.1, -0.05) is 164 Å². The van der Waals surface area contributed by atoms with Gasteiger partial charge >= 0.3 is 0 Å². The second-order valence-corrected chi connectivity index (χ2v) is 18.4. The van der Waals surface area contributed by atoms with E-state index in [2.05, 4.69) is 187 Å². The number of benzene rings is 8. The molecule has 0 saturated carbocycles. The van der Waals surface area contributed by atoms with Crippen LogP contribution in [0.1, 0.15) is 0 Å². The van der Waals surface area contributed by atoms with Gasteiger partial charge < -0.3 is 4.90 Å². The summed E-state index contributed by atoms with van der Waals surface area (Å²) in [6.07, 6.45) is 4.80. The highest BCUT2D eigenvalue weighted by Gasteiger charge is 2.35. The Bertz CT molecular complexity index is 2810. The van der Waals surface area contributed by atoms with Gasteiger partial charge in [-0.2, -0.15) is 10.0 Å². The molecular weight excluding hydrogens is 725 g/mol. The normalized spacial score (nSPS) is 13.3. The van der Waals surface area contributed by atoms with Crippen molar-refractivity contribution in [2.24, 2.45) is 0 Å². The van der Waals surface area contributed by atoms with Gasteiger partial charge in [0.25, 0.3) is 0 Å². The van der Waals surface area contributed by atoms with E-state index in [4.69, 9.17) is 15.0 Å². The SMILES string of the molecule is CS1(C)c2ccccc2N(c2ccc(-c3ccc(-c4ccccc4)c(-c4ccccc4)c3)cc2-c2nc(-c3ccccc3)nc(-c3ccccc3)n2)c2ccccc21. The Morgan fingerprint density at radius 2 is 0.707 bits per heavy atom. The van der Waals surface area contributed by atoms with Gasteiger partial charge in [0.2, 0.25) is 0 Å². The lowest BCUT2D eigenvalue weighted by Gasteiger charge is -2.45. The fraction of sp³-hybridized carbons (Fsp3) is 0.0377. The third kappa shape index (κ3) is 6.36. The number of hydrogen-bond acceptors (Lipinski definition) is 4. The van der Waals surface area contributed by atoms with Gasteiger partial charge in [-0.3, -0.25) is 0 Å². The molecule has 0 atom stereocenters. The summed E-state index contributed by atoms with van der Waals surface area (Å²) in [5.74, 6) is 1.87. The molecule has 1 aromatic heterocycles. The molecule has 0 saturated heterocycles. The molecular formula is C53H40N4S. The maximum absolute atomic E-state index is 5.31. The summed E-state index contributed by atoms with van der Waals surface area (Å²) in [5, 5.41) is 0. The summed E-state index contributed by atoms with van der Waals surface area (Å²) in [5.41, 5.74) is 13.0. The molecule has 5 heteroatoms. The van der Waals surface area contributed by atoms with Gasteiger partial charge in [-0.05, 0) is 88.4 Å². The molecule has 0 bridgehead atoms. The number of hydrogen-bond donors (Lipinski definition) is 0. The van der Waals surface area contributed by atoms with Crippen LogP contribution < -0.4 is 4.90 Å². The molecule has 2 heterocycles. The minimum absolute atomic E-state index is 0.612. The average molecular weight is 765 g/mol. The van der Waals surface area contributed by atoms with E-state index in [-0.39, 0.29) is 0 Å². The number of aromatic nitrogens is 3. The number of para-hydroxylation sites is 2. The van der Waals surface area contributed by atoms with E-state index in [1.807, 2.05) is 36.4 Å². The Morgan fingerprint density at radius 3 is 1.22 bits per heavy atom. The van der Waals surface area contributed by atoms with Crippen LogP contribution in [0.4, 0.5) is 17.1 Å². The van der Waals surface area contributed by atoms with Crippen LogP contribution in [0.5, 0.6) is 0 Å². The first-order valence-corrected chi connectivity index (χ1v) is 22.0. The highest BCUT2D eigenvalue weighted by Crippen LogP contribution is 2.67. The number of anilines is 3. The molecule has 0 unspecified atom stereocenters. The van der Waals surface area contributed by atoms with E-state index in [1.54, 1.807) is 0 Å². The van der Waals surface area contributed by atoms with E-state index in [1.165, 1.54) is 43.4 Å². The molecule has 0 N–H and O–H groups in total. The van der Waals surface area contributed by atoms with Crippen LogP contribution >= 0.6 is 10.0 Å². The predicted molar refractivity (Wildman–Crippen MR) is 243 cm³/mol. The summed E-state index contributed by atoms with van der Waals surface area (Å²) in [6.45, 7) is 0. The van der Waals surface area contributed by atoms with E-state index in [0.29, 0.717) is 17.5 Å². The molecule has 278 valence electrons. The Hall–Kier alpha value is -7.08. The monoisotopic (exact) mass is 764 g/mol. The van der Waals surface area contributed by atoms with Crippen molar-refractivity contribution in [1.29, 1.82) is 0 Å². The van der Waals surface area contributed by atoms with Crippen LogP contribution in [-0.2, 0) is 0 Å². The molecule has 0 radical (unpaired) electrons. The maximum atomic E-state index is 5.31. The summed E-state index contributed by atoms with van der Waals surface area (Å²) in [6, 6.07) is 73.0. The van der Waals surface area contributed by atoms with Gasteiger partial charge in [0, 0.05) is 26.5 Å². The molecule has 10 rings (SSSR count). The third-order valence-electron chi connectivity index (χ3n) is 11.0. The van der Waals surface area contributed by atoms with Gasteiger partial charge in [-0.15, -0.1) is 0 Å². The van der Waals surface area contributed by atoms with Crippen LogP contribution in [0.2, 0.25) is 0 Å². The lowest BCUT2D eigenvalue weighted by molar-refractivity contribution is 1.07. The van der Waals surface area contributed by atoms with Crippen LogP contribution in [-0.4, -0.2) is 27.5 Å². The minimum Gasteiger partial charge on any atom is -0.308 e. The zero-order valence-corrected chi connectivity index (χ0v) is 33.1. The fourth-order valence-electron chi connectivity index (χ4n) is 8.12. The van der Waals surface area contributed by atoms with Gasteiger partial charge in [-0.25, -0.2) is 15.0 Å². The first kappa shape index (κ1) is 35.3. The highest BCUT2D eigenvalue weighted by molar-refractivity contribution is 8.33. The molecule has 0 fully saturated rings. The topological polar surface area (TPSA) is 41.9 Å². The first-order chi connectivity index (χ1) is 28.5. The Labute approximate surface area is 341 Å². The Kier molecular flexibility index (Phi) is 9.00. The quantitative estimate of drug-likeness (QED) is 0.162. The fourth-order valence-corrected chi connectivity index (χ4v) is 10.6. The van der Waals surface area contributed by atoms with Gasteiger partial charge in [0.15, 0.2) is 17.5 Å². The number of rotatable bonds is 7. The molecule has 0 amide bonds. The van der Waals surface area contributed by atoms with Crippen LogP contribution in [0.3, 0.4) is 0 Å². The lowest BCUT2D eigenvalue weighted by atomic mass is 9.90. The van der Waals surface area contributed by atoms with Crippen molar-refractivity contribution in [2.45, 2.75) is 9.79 Å². The van der Waals surface area contributed by atoms with Crippen molar-refractivity contribution in [2.75, 3.05) is 17.4 Å². The Morgan fingerprint density at radius 1 is 0.310 bits per heavy atom. The molecule has 4 nitrogen and oxygen atoms in total. The van der Waals surface area contributed by atoms with Crippen molar-refractivity contribution in [3.63, 3.8) is 0 Å². The van der Waals surface area contributed by atoms with Crippen molar-refractivity contribution < 1.29 is 0 Å². The maximum Gasteiger partial charge on any atom is 0.166 e. The molecule has 0 aliphatic carbocycles. The lowest BCUT2D eigenvalue weighted by Crippen LogP contribution is -2.20. The van der Waals surface area contributed by atoms with Crippen molar-refractivity contribution >= 4 is 27.1 Å². The van der Waals surface area contributed by atoms with Crippen molar-refractivity contribution in [3.05, 3.63) is 206 Å². The summed E-state index contributed by atoms with van der Waals surface area (Å²) < 4.78 is 0. The molecule has 58 heavy (non-hydrogen) atoms. The molecule has 0 spiro atoms. The van der Waals surface area contributed by atoms with Gasteiger partial charge in [0.05, 0.1) is 17.1 Å². The van der Waals surface area contributed by atoms with E-state index in [0.717, 1.165) is 33.5 Å².